The predicted molar refractivity (Wildman–Crippen MR) is 73.6 cm³/mol. The fraction of sp³-hybridized carbons (Fsp3) is 0.643. The van der Waals surface area contributed by atoms with Crippen molar-refractivity contribution in [3.05, 3.63) is 23.9 Å². The first kappa shape index (κ1) is 13.3. The second kappa shape index (κ2) is 6.16. The maximum Gasteiger partial charge on any atom is 0.128 e. The van der Waals surface area contributed by atoms with Gasteiger partial charge in [0.2, 0.25) is 0 Å². The van der Waals surface area contributed by atoms with Crippen LogP contribution < -0.4 is 10.2 Å². The molecule has 1 saturated heterocycles. The van der Waals surface area contributed by atoms with Crippen LogP contribution in [0, 0.1) is 5.92 Å². The Kier molecular flexibility index (Phi) is 4.55. The van der Waals surface area contributed by atoms with Gasteiger partial charge in [0.25, 0.3) is 0 Å². The zero-order chi connectivity index (χ0) is 13.0. The lowest BCUT2D eigenvalue weighted by atomic mass is 10.0. The van der Waals surface area contributed by atoms with E-state index < -0.39 is 0 Å². The maximum atomic E-state index is 9.60. The summed E-state index contributed by atoms with van der Waals surface area (Å²) in [4.78, 5) is 6.77. The smallest absolute Gasteiger partial charge is 0.128 e. The molecule has 1 aromatic heterocycles. The Morgan fingerprint density at radius 1 is 1.56 bits per heavy atom. The van der Waals surface area contributed by atoms with Gasteiger partial charge in [-0.3, -0.25) is 0 Å². The lowest BCUT2D eigenvalue weighted by molar-refractivity contribution is 0.136. The molecule has 0 aromatic carbocycles. The van der Waals surface area contributed by atoms with Gasteiger partial charge in [-0.1, -0.05) is 13.0 Å². The van der Waals surface area contributed by atoms with E-state index in [1.54, 1.807) is 0 Å². The minimum absolute atomic E-state index is 0.219. The van der Waals surface area contributed by atoms with E-state index in [9.17, 15) is 5.11 Å². The molecule has 0 aliphatic carbocycles. The van der Waals surface area contributed by atoms with E-state index in [4.69, 9.17) is 0 Å². The monoisotopic (exact) mass is 249 g/mol. The van der Waals surface area contributed by atoms with Crippen molar-refractivity contribution in [1.29, 1.82) is 0 Å². The van der Waals surface area contributed by atoms with Crippen LogP contribution in [0.3, 0.4) is 0 Å². The van der Waals surface area contributed by atoms with E-state index in [0.717, 1.165) is 38.4 Å². The number of aliphatic hydroxyl groups is 1. The van der Waals surface area contributed by atoms with Crippen molar-refractivity contribution in [2.75, 3.05) is 24.5 Å². The molecule has 1 aliphatic heterocycles. The van der Waals surface area contributed by atoms with Gasteiger partial charge in [-0.2, -0.15) is 0 Å². The van der Waals surface area contributed by atoms with Crippen LogP contribution in [-0.2, 0) is 6.54 Å². The van der Waals surface area contributed by atoms with Crippen molar-refractivity contribution in [3.8, 4) is 0 Å². The molecule has 1 aromatic rings. The number of aliphatic hydroxyl groups excluding tert-OH is 1. The SMILES string of the molecule is CCNCc1ccc(N2CCC(C(C)O)C2)nc1. The first-order valence-electron chi connectivity index (χ1n) is 6.79. The third-order valence-corrected chi connectivity index (χ3v) is 3.62. The summed E-state index contributed by atoms with van der Waals surface area (Å²) < 4.78 is 0. The Bertz CT molecular complexity index is 364. The molecule has 2 rings (SSSR count). The molecule has 0 amide bonds. The quantitative estimate of drug-likeness (QED) is 0.828. The summed E-state index contributed by atoms with van der Waals surface area (Å²) in [7, 11) is 0. The van der Waals surface area contributed by atoms with Gasteiger partial charge >= 0.3 is 0 Å². The molecule has 4 nitrogen and oxygen atoms in total. The molecule has 18 heavy (non-hydrogen) atoms. The van der Waals surface area contributed by atoms with Gasteiger partial charge in [0.05, 0.1) is 6.10 Å². The lowest BCUT2D eigenvalue weighted by Crippen LogP contribution is -2.24. The number of hydrogen-bond acceptors (Lipinski definition) is 4. The Balaban J connectivity index is 1.94. The minimum atomic E-state index is -0.219. The average molecular weight is 249 g/mol. The molecular formula is C14H23N3O. The van der Waals surface area contributed by atoms with Crippen molar-refractivity contribution in [1.82, 2.24) is 10.3 Å². The molecule has 0 radical (unpaired) electrons. The summed E-state index contributed by atoms with van der Waals surface area (Å²) in [5.74, 6) is 1.41. The maximum absolute atomic E-state index is 9.60. The highest BCUT2D eigenvalue weighted by atomic mass is 16.3. The highest BCUT2D eigenvalue weighted by Gasteiger charge is 2.26. The average Bonchev–Trinajstić information content (AvgIpc) is 2.87. The first-order chi connectivity index (χ1) is 8.70. The summed E-state index contributed by atoms with van der Waals surface area (Å²) in [6.45, 7) is 7.74. The highest BCUT2D eigenvalue weighted by molar-refractivity contribution is 5.40. The number of nitrogens with one attached hydrogen (secondary N) is 1. The van der Waals surface area contributed by atoms with Gasteiger partial charge in [0, 0.05) is 31.7 Å². The van der Waals surface area contributed by atoms with Crippen molar-refractivity contribution in [3.63, 3.8) is 0 Å². The Morgan fingerprint density at radius 2 is 2.39 bits per heavy atom. The fourth-order valence-corrected chi connectivity index (χ4v) is 2.37. The molecular weight excluding hydrogens is 226 g/mol. The molecule has 100 valence electrons. The van der Waals surface area contributed by atoms with Gasteiger partial charge in [0.1, 0.15) is 5.82 Å². The van der Waals surface area contributed by atoms with E-state index in [1.807, 2.05) is 13.1 Å². The zero-order valence-corrected chi connectivity index (χ0v) is 11.3. The third kappa shape index (κ3) is 3.21. The number of hydrogen-bond donors (Lipinski definition) is 2. The topological polar surface area (TPSA) is 48.4 Å². The fourth-order valence-electron chi connectivity index (χ4n) is 2.37. The summed E-state index contributed by atoms with van der Waals surface area (Å²) in [5, 5.41) is 12.9. The van der Waals surface area contributed by atoms with Gasteiger partial charge in [-0.15, -0.1) is 0 Å². The normalized spacial score (nSPS) is 21.3. The summed E-state index contributed by atoms with van der Waals surface area (Å²) in [6.07, 6.45) is 2.77. The van der Waals surface area contributed by atoms with E-state index >= 15 is 0 Å². The van der Waals surface area contributed by atoms with Crippen LogP contribution in [0.2, 0.25) is 0 Å². The van der Waals surface area contributed by atoms with Crippen LogP contribution in [-0.4, -0.2) is 35.8 Å². The van der Waals surface area contributed by atoms with Gasteiger partial charge in [-0.25, -0.2) is 4.98 Å². The summed E-state index contributed by atoms with van der Waals surface area (Å²) in [6, 6.07) is 4.21. The van der Waals surface area contributed by atoms with Crippen LogP contribution in [0.5, 0.6) is 0 Å². The molecule has 2 heterocycles. The largest absolute Gasteiger partial charge is 0.393 e. The van der Waals surface area contributed by atoms with E-state index in [-0.39, 0.29) is 6.10 Å². The number of aromatic nitrogens is 1. The number of pyridine rings is 1. The molecule has 4 heteroatoms. The predicted octanol–water partition coefficient (Wildman–Crippen LogP) is 1.40. The molecule has 0 saturated carbocycles. The Labute approximate surface area is 109 Å². The first-order valence-corrected chi connectivity index (χ1v) is 6.79. The second-order valence-corrected chi connectivity index (χ2v) is 5.04. The van der Waals surface area contributed by atoms with E-state index in [2.05, 4.69) is 34.3 Å². The van der Waals surface area contributed by atoms with Crippen LogP contribution in [0.15, 0.2) is 18.3 Å². The van der Waals surface area contributed by atoms with Crippen LogP contribution in [0.1, 0.15) is 25.8 Å². The Hall–Kier alpha value is -1.13. The van der Waals surface area contributed by atoms with Crippen molar-refractivity contribution < 1.29 is 5.11 Å². The summed E-state index contributed by atoms with van der Waals surface area (Å²) >= 11 is 0. The van der Waals surface area contributed by atoms with Gasteiger partial charge < -0.3 is 15.3 Å². The van der Waals surface area contributed by atoms with Crippen molar-refractivity contribution in [2.45, 2.75) is 32.9 Å². The number of rotatable bonds is 5. The van der Waals surface area contributed by atoms with Crippen LogP contribution in [0.4, 0.5) is 5.82 Å². The minimum Gasteiger partial charge on any atom is -0.393 e. The highest BCUT2D eigenvalue weighted by Crippen LogP contribution is 2.24. The second-order valence-electron chi connectivity index (χ2n) is 5.04. The molecule has 0 spiro atoms. The van der Waals surface area contributed by atoms with Gasteiger partial charge in [-0.05, 0) is 31.5 Å². The van der Waals surface area contributed by atoms with Crippen LogP contribution >= 0.6 is 0 Å². The standard InChI is InChI=1S/C14H23N3O/c1-3-15-8-12-4-5-14(16-9-12)17-7-6-13(10-17)11(2)18/h4-5,9,11,13,15,18H,3,6-8,10H2,1-2H3. The molecule has 1 fully saturated rings. The van der Waals surface area contributed by atoms with E-state index in [0.29, 0.717) is 5.92 Å². The molecule has 2 atom stereocenters. The van der Waals surface area contributed by atoms with Crippen molar-refractivity contribution in [2.24, 2.45) is 5.92 Å². The molecule has 1 aliphatic rings. The van der Waals surface area contributed by atoms with Crippen molar-refractivity contribution >= 4 is 5.82 Å². The lowest BCUT2D eigenvalue weighted by Gasteiger charge is -2.18. The van der Waals surface area contributed by atoms with E-state index in [1.165, 1.54) is 5.56 Å². The third-order valence-electron chi connectivity index (χ3n) is 3.62. The summed E-state index contributed by atoms with van der Waals surface area (Å²) in [5.41, 5.74) is 1.21. The number of nitrogens with zero attached hydrogens (tertiary/aromatic N) is 2. The number of anilines is 1. The van der Waals surface area contributed by atoms with Gasteiger partial charge in [0.15, 0.2) is 0 Å². The molecule has 2 unspecified atom stereocenters. The van der Waals surface area contributed by atoms with Crippen LogP contribution in [0.25, 0.3) is 0 Å². The molecule has 2 N–H and O–H groups in total. The zero-order valence-electron chi connectivity index (χ0n) is 11.3. The Morgan fingerprint density at radius 3 is 2.94 bits per heavy atom. The molecule has 0 bridgehead atoms.